The minimum absolute atomic E-state index is 0.218. The van der Waals surface area contributed by atoms with Crippen molar-refractivity contribution in [2.75, 3.05) is 4.90 Å². The Labute approximate surface area is 170 Å². The summed E-state index contributed by atoms with van der Waals surface area (Å²) in [4.78, 5) is 43.1. The fourth-order valence-corrected chi connectivity index (χ4v) is 4.42. The van der Waals surface area contributed by atoms with Crippen LogP contribution in [0.4, 0.5) is 5.13 Å². The minimum Gasteiger partial charge on any atom is -0.421 e. The van der Waals surface area contributed by atoms with Crippen LogP contribution in [0.5, 0.6) is 0 Å². The van der Waals surface area contributed by atoms with E-state index in [1.165, 1.54) is 0 Å². The van der Waals surface area contributed by atoms with Gasteiger partial charge in [-0.15, -0.1) is 11.3 Å². The van der Waals surface area contributed by atoms with Gasteiger partial charge in [-0.1, -0.05) is 24.3 Å². The standard InChI is InChI=1S/C20H9BrN2O4S/c21-14-7-3-4-10-8-13(19(26)27-16(10)14)15-9-28-20(22-15)23-17(24)11-5-1-2-6-12(11)18(23)25/h1-9H. The molecule has 5 rings (SSSR count). The Kier molecular flexibility index (Phi) is 3.78. The maximum absolute atomic E-state index is 12.6. The van der Waals surface area contributed by atoms with Gasteiger partial charge in [0.05, 0.1) is 26.9 Å². The molecule has 0 saturated carbocycles. The summed E-state index contributed by atoms with van der Waals surface area (Å²) >= 11 is 4.48. The largest absolute Gasteiger partial charge is 0.421 e. The van der Waals surface area contributed by atoms with Crippen LogP contribution < -0.4 is 10.5 Å². The number of hydrogen-bond acceptors (Lipinski definition) is 6. The molecule has 1 aliphatic rings. The second-order valence-corrected chi connectivity index (χ2v) is 7.80. The zero-order valence-electron chi connectivity index (χ0n) is 14.0. The second-order valence-electron chi connectivity index (χ2n) is 6.11. The summed E-state index contributed by atoms with van der Waals surface area (Å²) in [5.41, 5.74) is 1.22. The summed E-state index contributed by atoms with van der Waals surface area (Å²) in [5.74, 6) is -0.841. The van der Waals surface area contributed by atoms with Crippen molar-refractivity contribution >= 4 is 55.2 Å². The summed E-state index contributed by atoms with van der Waals surface area (Å²) in [6, 6.07) is 13.8. The summed E-state index contributed by atoms with van der Waals surface area (Å²) in [7, 11) is 0. The van der Waals surface area contributed by atoms with Gasteiger partial charge < -0.3 is 4.42 Å². The lowest BCUT2D eigenvalue weighted by Crippen LogP contribution is -2.29. The van der Waals surface area contributed by atoms with Gasteiger partial charge in [-0.25, -0.2) is 14.7 Å². The molecule has 0 fully saturated rings. The van der Waals surface area contributed by atoms with E-state index in [1.807, 2.05) is 12.1 Å². The molecular formula is C20H9BrN2O4S. The Bertz CT molecular complexity index is 1320. The van der Waals surface area contributed by atoms with E-state index in [-0.39, 0.29) is 10.7 Å². The number of rotatable bonds is 2. The van der Waals surface area contributed by atoms with E-state index in [0.29, 0.717) is 26.9 Å². The molecule has 0 N–H and O–H groups in total. The number of imide groups is 1. The van der Waals surface area contributed by atoms with Crippen LogP contribution in [-0.4, -0.2) is 16.8 Å². The third-order valence-electron chi connectivity index (χ3n) is 4.47. The first-order valence-electron chi connectivity index (χ1n) is 8.20. The van der Waals surface area contributed by atoms with Gasteiger partial charge in [0.15, 0.2) is 10.7 Å². The molecule has 0 spiro atoms. The predicted octanol–water partition coefficient (Wildman–Crippen LogP) is 4.48. The van der Waals surface area contributed by atoms with Gasteiger partial charge in [-0.2, -0.15) is 0 Å². The molecule has 0 radical (unpaired) electrons. The number of thiazole rings is 1. The summed E-state index contributed by atoms with van der Waals surface area (Å²) in [5, 5.41) is 2.59. The van der Waals surface area contributed by atoms with E-state index in [9.17, 15) is 14.4 Å². The monoisotopic (exact) mass is 452 g/mol. The number of amides is 2. The highest BCUT2D eigenvalue weighted by molar-refractivity contribution is 9.10. The smallest absolute Gasteiger partial charge is 0.345 e. The number of halogens is 1. The highest BCUT2D eigenvalue weighted by Gasteiger charge is 2.38. The van der Waals surface area contributed by atoms with E-state index < -0.39 is 17.4 Å². The Hall–Kier alpha value is -3.10. The number of nitrogens with zero attached hydrogens (tertiary/aromatic N) is 2. The van der Waals surface area contributed by atoms with E-state index in [1.54, 1.807) is 41.8 Å². The Morgan fingerprint density at radius 3 is 2.36 bits per heavy atom. The predicted molar refractivity (Wildman–Crippen MR) is 109 cm³/mol. The first kappa shape index (κ1) is 17.0. The number of carbonyl (C=O) groups excluding carboxylic acids is 2. The van der Waals surface area contributed by atoms with Crippen LogP contribution in [0, 0.1) is 0 Å². The molecule has 28 heavy (non-hydrogen) atoms. The number of carbonyl (C=O) groups is 2. The summed E-state index contributed by atoms with van der Waals surface area (Å²) in [6.45, 7) is 0. The SMILES string of the molecule is O=C1c2ccccc2C(=O)N1c1nc(-c2cc3cccc(Br)c3oc2=O)cs1. The van der Waals surface area contributed by atoms with Crippen molar-refractivity contribution in [3.8, 4) is 11.3 Å². The summed E-state index contributed by atoms with van der Waals surface area (Å²) in [6.07, 6.45) is 0. The van der Waals surface area contributed by atoms with Crippen molar-refractivity contribution in [3.05, 3.63) is 79.9 Å². The van der Waals surface area contributed by atoms with Gasteiger partial charge in [0.25, 0.3) is 11.8 Å². The fourth-order valence-electron chi connectivity index (χ4n) is 3.14. The molecule has 2 amide bonds. The molecule has 0 atom stereocenters. The number of aromatic nitrogens is 1. The normalized spacial score (nSPS) is 13.4. The second kappa shape index (κ2) is 6.22. The zero-order chi connectivity index (χ0) is 19.4. The molecule has 1 aliphatic heterocycles. The quantitative estimate of drug-likeness (QED) is 0.330. The fraction of sp³-hybridized carbons (Fsp3) is 0. The van der Waals surface area contributed by atoms with Crippen LogP contribution in [0.15, 0.2) is 67.6 Å². The lowest BCUT2D eigenvalue weighted by atomic mass is 10.1. The summed E-state index contributed by atoms with van der Waals surface area (Å²) < 4.78 is 6.10. The average Bonchev–Trinajstić information content (AvgIpc) is 3.26. The molecule has 136 valence electrons. The molecule has 8 heteroatoms. The molecule has 6 nitrogen and oxygen atoms in total. The van der Waals surface area contributed by atoms with E-state index >= 15 is 0 Å². The molecule has 0 saturated heterocycles. The Balaban J connectivity index is 1.59. The van der Waals surface area contributed by atoms with Crippen molar-refractivity contribution < 1.29 is 14.0 Å². The van der Waals surface area contributed by atoms with Gasteiger partial charge in [0, 0.05) is 10.8 Å². The lowest BCUT2D eigenvalue weighted by molar-refractivity contribution is 0.0926. The van der Waals surface area contributed by atoms with Crippen molar-refractivity contribution in [1.29, 1.82) is 0 Å². The van der Waals surface area contributed by atoms with Crippen LogP contribution in [0.25, 0.3) is 22.2 Å². The first-order chi connectivity index (χ1) is 13.5. The molecule has 2 aromatic heterocycles. The number of benzene rings is 2. The maximum atomic E-state index is 12.6. The molecule has 0 aliphatic carbocycles. The molecule has 3 heterocycles. The first-order valence-corrected chi connectivity index (χ1v) is 9.88. The maximum Gasteiger partial charge on any atom is 0.345 e. The highest BCUT2D eigenvalue weighted by Crippen LogP contribution is 2.33. The molecule has 2 aromatic carbocycles. The van der Waals surface area contributed by atoms with Gasteiger partial charge in [0.2, 0.25) is 0 Å². The van der Waals surface area contributed by atoms with E-state index in [4.69, 9.17) is 4.42 Å². The van der Waals surface area contributed by atoms with E-state index in [0.717, 1.165) is 21.6 Å². The Morgan fingerprint density at radius 1 is 0.929 bits per heavy atom. The van der Waals surface area contributed by atoms with Crippen LogP contribution in [0.1, 0.15) is 20.7 Å². The van der Waals surface area contributed by atoms with Crippen molar-refractivity contribution in [3.63, 3.8) is 0 Å². The Morgan fingerprint density at radius 2 is 1.64 bits per heavy atom. The van der Waals surface area contributed by atoms with Crippen LogP contribution in [0.3, 0.4) is 0 Å². The van der Waals surface area contributed by atoms with E-state index in [2.05, 4.69) is 20.9 Å². The van der Waals surface area contributed by atoms with Crippen molar-refractivity contribution in [1.82, 2.24) is 4.98 Å². The molecule has 4 aromatic rings. The van der Waals surface area contributed by atoms with Gasteiger partial charge in [-0.05, 0) is 40.2 Å². The number of hydrogen-bond donors (Lipinski definition) is 0. The third-order valence-corrected chi connectivity index (χ3v) is 5.92. The highest BCUT2D eigenvalue weighted by atomic mass is 79.9. The number of fused-ring (bicyclic) bond motifs is 2. The zero-order valence-corrected chi connectivity index (χ0v) is 16.4. The van der Waals surface area contributed by atoms with Crippen molar-refractivity contribution in [2.24, 2.45) is 0 Å². The molecule has 0 bridgehead atoms. The van der Waals surface area contributed by atoms with Gasteiger partial charge in [0.1, 0.15) is 0 Å². The van der Waals surface area contributed by atoms with Crippen LogP contribution >= 0.6 is 27.3 Å². The third kappa shape index (κ3) is 2.45. The van der Waals surface area contributed by atoms with Crippen molar-refractivity contribution in [2.45, 2.75) is 0 Å². The number of anilines is 1. The van der Waals surface area contributed by atoms with Gasteiger partial charge >= 0.3 is 5.63 Å². The molecule has 0 unspecified atom stereocenters. The average molecular weight is 453 g/mol. The van der Waals surface area contributed by atoms with Crippen LogP contribution in [0.2, 0.25) is 0 Å². The molecular weight excluding hydrogens is 444 g/mol. The lowest BCUT2D eigenvalue weighted by Gasteiger charge is -2.08. The van der Waals surface area contributed by atoms with Gasteiger partial charge in [-0.3, -0.25) is 9.59 Å². The van der Waals surface area contributed by atoms with Crippen LogP contribution in [-0.2, 0) is 0 Å². The topological polar surface area (TPSA) is 80.5 Å². The number of para-hydroxylation sites is 1. The minimum atomic E-state index is -0.543.